The van der Waals surface area contributed by atoms with Gasteiger partial charge in [0.05, 0.1) is 0 Å². The number of carbonyl (C=O) groups is 1. The van der Waals surface area contributed by atoms with E-state index in [1.165, 1.54) is 25.7 Å². The third kappa shape index (κ3) is 1.78. The first kappa shape index (κ1) is 9.97. The van der Waals surface area contributed by atoms with Crippen molar-refractivity contribution in [3.8, 4) is 0 Å². The molecule has 1 aliphatic carbocycles. The predicted octanol–water partition coefficient (Wildman–Crippen LogP) is 1.72. The first-order valence-electron chi connectivity index (χ1n) is 5.67. The lowest BCUT2D eigenvalue weighted by Gasteiger charge is -2.46. The van der Waals surface area contributed by atoms with E-state index in [1.54, 1.807) is 0 Å². The van der Waals surface area contributed by atoms with Gasteiger partial charge in [0.15, 0.2) is 0 Å². The molecule has 0 aromatic heterocycles. The molecule has 3 unspecified atom stereocenters. The number of nitrogens with zero attached hydrogens (tertiary/aromatic N) is 1. The molecule has 2 fully saturated rings. The minimum absolute atomic E-state index is 0.176. The number of hydrogen-bond acceptors (Lipinski definition) is 2. The Morgan fingerprint density at radius 3 is 2.64 bits per heavy atom. The van der Waals surface area contributed by atoms with Crippen molar-refractivity contribution >= 4 is 5.97 Å². The van der Waals surface area contributed by atoms with E-state index in [0.29, 0.717) is 6.04 Å². The van der Waals surface area contributed by atoms with Crippen LogP contribution in [0.5, 0.6) is 0 Å². The Morgan fingerprint density at radius 2 is 2.14 bits per heavy atom. The van der Waals surface area contributed by atoms with Crippen LogP contribution >= 0.6 is 0 Å². The lowest BCUT2D eigenvalue weighted by atomic mass is 9.83. The van der Waals surface area contributed by atoms with E-state index < -0.39 is 5.97 Å². The average molecular weight is 197 g/mol. The number of carboxylic acid groups (broad SMARTS) is 1. The van der Waals surface area contributed by atoms with Crippen molar-refractivity contribution in [2.75, 3.05) is 6.54 Å². The Hall–Kier alpha value is -0.570. The van der Waals surface area contributed by atoms with E-state index in [-0.39, 0.29) is 6.04 Å². The van der Waals surface area contributed by atoms with Crippen LogP contribution in [0.4, 0.5) is 0 Å². The Labute approximate surface area is 85.1 Å². The van der Waals surface area contributed by atoms with Crippen molar-refractivity contribution < 1.29 is 9.90 Å². The van der Waals surface area contributed by atoms with Gasteiger partial charge >= 0.3 is 5.97 Å². The summed E-state index contributed by atoms with van der Waals surface area (Å²) in [5.41, 5.74) is 0. The Balaban J connectivity index is 1.91. The van der Waals surface area contributed by atoms with Crippen LogP contribution in [0.15, 0.2) is 0 Å². The quantitative estimate of drug-likeness (QED) is 0.732. The van der Waals surface area contributed by atoms with Crippen LogP contribution in [-0.2, 0) is 4.79 Å². The molecule has 0 spiro atoms. The minimum atomic E-state index is -0.630. The fourth-order valence-corrected chi connectivity index (χ4v) is 2.81. The SMILES string of the molecule is CC1CCCC(N2CCC2C(=O)O)C1. The molecule has 2 aliphatic rings. The Morgan fingerprint density at radius 1 is 1.36 bits per heavy atom. The maximum atomic E-state index is 10.9. The molecule has 2 rings (SSSR count). The molecule has 3 nitrogen and oxygen atoms in total. The van der Waals surface area contributed by atoms with Crippen molar-refractivity contribution in [1.29, 1.82) is 0 Å². The molecule has 80 valence electrons. The summed E-state index contributed by atoms with van der Waals surface area (Å²) in [4.78, 5) is 13.1. The molecule has 0 aromatic rings. The molecule has 3 heteroatoms. The molecule has 3 atom stereocenters. The summed E-state index contributed by atoms with van der Waals surface area (Å²) in [6.07, 6.45) is 5.84. The summed E-state index contributed by atoms with van der Waals surface area (Å²) < 4.78 is 0. The van der Waals surface area contributed by atoms with Gasteiger partial charge in [-0.2, -0.15) is 0 Å². The second-order valence-electron chi connectivity index (χ2n) is 4.81. The summed E-state index contributed by atoms with van der Waals surface area (Å²) >= 11 is 0. The topological polar surface area (TPSA) is 40.5 Å². The molecule has 0 amide bonds. The van der Waals surface area contributed by atoms with E-state index in [4.69, 9.17) is 5.11 Å². The van der Waals surface area contributed by atoms with Crippen LogP contribution in [0.2, 0.25) is 0 Å². The lowest BCUT2D eigenvalue weighted by Crippen LogP contribution is -2.57. The minimum Gasteiger partial charge on any atom is -0.480 e. The van der Waals surface area contributed by atoms with Crippen LogP contribution < -0.4 is 0 Å². The smallest absolute Gasteiger partial charge is 0.320 e. The van der Waals surface area contributed by atoms with Crippen LogP contribution in [0.1, 0.15) is 39.0 Å². The molecule has 1 saturated heterocycles. The van der Waals surface area contributed by atoms with Gasteiger partial charge in [0.1, 0.15) is 6.04 Å². The van der Waals surface area contributed by atoms with Crippen LogP contribution in [0.25, 0.3) is 0 Å². The van der Waals surface area contributed by atoms with Gasteiger partial charge in [-0.1, -0.05) is 19.8 Å². The summed E-state index contributed by atoms with van der Waals surface area (Å²) in [7, 11) is 0. The van der Waals surface area contributed by atoms with Crippen LogP contribution in [-0.4, -0.2) is 34.6 Å². The molecule has 0 aromatic carbocycles. The van der Waals surface area contributed by atoms with Crippen molar-refractivity contribution in [2.24, 2.45) is 5.92 Å². The lowest BCUT2D eigenvalue weighted by molar-refractivity contribution is -0.151. The fourth-order valence-electron chi connectivity index (χ4n) is 2.81. The largest absolute Gasteiger partial charge is 0.480 e. The predicted molar refractivity (Wildman–Crippen MR) is 54.2 cm³/mol. The van der Waals surface area contributed by atoms with E-state index >= 15 is 0 Å². The first-order valence-corrected chi connectivity index (χ1v) is 5.67. The molecule has 1 aliphatic heterocycles. The highest BCUT2D eigenvalue weighted by atomic mass is 16.4. The number of aliphatic carboxylic acids is 1. The Bertz CT molecular complexity index is 229. The summed E-state index contributed by atoms with van der Waals surface area (Å²) in [6.45, 7) is 3.27. The van der Waals surface area contributed by atoms with E-state index in [1.807, 2.05) is 0 Å². The number of carboxylic acids is 1. The van der Waals surface area contributed by atoms with Crippen molar-refractivity contribution in [3.05, 3.63) is 0 Å². The maximum absolute atomic E-state index is 10.9. The normalized spacial score (nSPS) is 39.1. The number of hydrogen-bond donors (Lipinski definition) is 1. The zero-order chi connectivity index (χ0) is 10.1. The van der Waals surface area contributed by atoms with E-state index in [2.05, 4.69) is 11.8 Å². The molecule has 0 radical (unpaired) electrons. The number of likely N-dealkylation sites (tertiary alicyclic amines) is 1. The van der Waals surface area contributed by atoms with Gasteiger partial charge in [-0.05, 0) is 25.2 Å². The highest BCUT2D eigenvalue weighted by Gasteiger charge is 2.39. The van der Waals surface area contributed by atoms with Crippen LogP contribution in [0.3, 0.4) is 0 Å². The van der Waals surface area contributed by atoms with E-state index in [9.17, 15) is 4.79 Å². The zero-order valence-corrected chi connectivity index (χ0v) is 8.78. The van der Waals surface area contributed by atoms with Gasteiger partial charge in [0.2, 0.25) is 0 Å². The van der Waals surface area contributed by atoms with Gasteiger partial charge in [-0.3, -0.25) is 9.69 Å². The highest BCUT2D eigenvalue weighted by molar-refractivity contribution is 5.74. The average Bonchev–Trinajstić information content (AvgIpc) is 2.00. The zero-order valence-electron chi connectivity index (χ0n) is 8.78. The highest BCUT2D eigenvalue weighted by Crippen LogP contribution is 2.32. The summed E-state index contributed by atoms with van der Waals surface area (Å²) in [5.74, 6) is 0.151. The summed E-state index contributed by atoms with van der Waals surface area (Å²) in [5, 5.41) is 8.96. The standard InChI is InChI=1S/C11H19NO2/c1-8-3-2-4-9(7-8)12-6-5-10(12)11(13)14/h8-10H,2-7H2,1H3,(H,13,14). The molecule has 14 heavy (non-hydrogen) atoms. The Kier molecular flexibility index (Phi) is 2.77. The van der Waals surface area contributed by atoms with Gasteiger partial charge in [0.25, 0.3) is 0 Å². The number of rotatable bonds is 2. The second kappa shape index (κ2) is 3.89. The molecule has 1 saturated carbocycles. The molecular formula is C11H19NO2. The maximum Gasteiger partial charge on any atom is 0.320 e. The van der Waals surface area contributed by atoms with Crippen molar-refractivity contribution in [1.82, 2.24) is 4.90 Å². The molecule has 1 N–H and O–H groups in total. The van der Waals surface area contributed by atoms with Gasteiger partial charge < -0.3 is 5.11 Å². The first-order chi connectivity index (χ1) is 6.68. The fraction of sp³-hybridized carbons (Fsp3) is 0.909. The monoisotopic (exact) mass is 197 g/mol. The molecule has 1 heterocycles. The van der Waals surface area contributed by atoms with Crippen LogP contribution in [0, 0.1) is 5.92 Å². The van der Waals surface area contributed by atoms with Gasteiger partial charge in [-0.15, -0.1) is 0 Å². The van der Waals surface area contributed by atoms with Crippen molar-refractivity contribution in [2.45, 2.75) is 51.1 Å². The summed E-state index contributed by atoms with van der Waals surface area (Å²) in [6, 6.07) is 0.374. The van der Waals surface area contributed by atoms with Gasteiger partial charge in [0, 0.05) is 12.6 Å². The van der Waals surface area contributed by atoms with Gasteiger partial charge in [-0.25, -0.2) is 0 Å². The van der Waals surface area contributed by atoms with E-state index in [0.717, 1.165) is 18.9 Å². The third-order valence-electron chi connectivity index (χ3n) is 3.72. The molecule has 0 bridgehead atoms. The molecular weight excluding hydrogens is 178 g/mol. The van der Waals surface area contributed by atoms with Crippen molar-refractivity contribution in [3.63, 3.8) is 0 Å². The second-order valence-corrected chi connectivity index (χ2v) is 4.81. The third-order valence-corrected chi connectivity index (χ3v) is 3.72.